The quantitative estimate of drug-likeness (QED) is 0.934. The lowest BCUT2D eigenvalue weighted by molar-refractivity contribution is -0.124. The van der Waals surface area contributed by atoms with Crippen LogP contribution in [-0.4, -0.2) is 15.9 Å². The second-order valence-corrected chi connectivity index (χ2v) is 5.73. The maximum atomic E-state index is 12.2. The van der Waals surface area contributed by atoms with Crippen molar-refractivity contribution in [2.75, 3.05) is 0 Å². The van der Waals surface area contributed by atoms with Gasteiger partial charge < -0.3 is 5.32 Å². The molecule has 1 heterocycles. The van der Waals surface area contributed by atoms with Crippen molar-refractivity contribution in [1.29, 1.82) is 0 Å². The first kappa shape index (κ1) is 13.8. The molecule has 1 aromatic carbocycles. The number of benzene rings is 1. The second kappa shape index (κ2) is 5.57. The molecule has 0 aliphatic rings. The van der Waals surface area contributed by atoms with E-state index in [1.165, 1.54) is 11.5 Å². The van der Waals surface area contributed by atoms with Crippen LogP contribution in [0.3, 0.4) is 0 Å². The Kier molecular flexibility index (Phi) is 4.04. The van der Waals surface area contributed by atoms with E-state index in [9.17, 15) is 9.59 Å². The Morgan fingerprint density at radius 1 is 1.37 bits per heavy atom. The molecule has 0 spiro atoms. The monoisotopic (exact) mass is 278 g/mol. The average Bonchev–Trinajstić information content (AvgIpc) is 2.75. The molecule has 4 nitrogen and oxygen atoms in total. The summed E-state index contributed by atoms with van der Waals surface area (Å²) in [6, 6.07) is 7.08. The van der Waals surface area contributed by atoms with E-state index in [0.29, 0.717) is 5.39 Å². The Balaban J connectivity index is 2.31. The van der Waals surface area contributed by atoms with Crippen LogP contribution in [0.2, 0.25) is 0 Å². The molecular formula is C14H18N2O2S. The lowest BCUT2D eigenvalue weighted by Gasteiger charge is -2.16. The van der Waals surface area contributed by atoms with Gasteiger partial charge in [0.05, 0.1) is 10.1 Å². The molecule has 0 unspecified atom stereocenters. The van der Waals surface area contributed by atoms with Crippen LogP contribution in [0.4, 0.5) is 0 Å². The molecule has 0 bridgehead atoms. The van der Waals surface area contributed by atoms with E-state index in [0.717, 1.165) is 11.1 Å². The summed E-state index contributed by atoms with van der Waals surface area (Å²) < 4.78 is 2.46. The lowest BCUT2D eigenvalue weighted by atomic mass is 10.2. The third kappa shape index (κ3) is 2.71. The second-order valence-electron chi connectivity index (χ2n) is 4.71. The zero-order chi connectivity index (χ0) is 14.0. The van der Waals surface area contributed by atoms with Crippen LogP contribution >= 0.6 is 11.5 Å². The van der Waals surface area contributed by atoms with Gasteiger partial charge in [0.2, 0.25) is 5.91 Å². The predicted molar refractivity (Wildman–Crippen MR) is 78.7 cm³/mol. The minimum atomic E-state index is -0.473. The highest BCUT2D eigenvalue weighted by Crippen LogP contribution is 2.19. The van der Waals surface area contributed by atoms with E-state index in [4.69, 9.17) is 0 Å². The molecule has 0 saturated heterocycles. The van der Waals surface area contributed by atoms with Crippen molar-refractivity contribution in [2.24, 2.45) is 0 Å². The van der Waals surface area contributed by atoms with E-state index in [1.54, 1.807) is 16.9 Å². The molecule has 1 amide bonds. The van der Waals surface area contributed by atoms with E-state index < -0.39 is 6.04 Å². The van der Waals surface area contributed by atoms with Gasteiger partial charge in [0, 0.05) is 6.04 Å². The summed E-state index contributed by atoms with van der Waals surface area (Å²) in [5.41, 5.74) is -0.0904. The number of nitrogens with zero attached hydrogens (tertiary/aromatic N) is 1. The van der Waals surface area contributed by atoms with Crippen LogP contribution in [0.25, 0.3) is 10.1 Å². The first-order chi connectivity index (χ1) is 9.04. The topological polar surface area (TPSA) is 51.1 Å². The third-order valence-corrected chi connectivity index (χ3v) is 4.48. The zero-order valence-electron chi connectivity index (χ0n) is 11.3. The first-order valence-electron chi connectivity index (χ1n) is 6.45. The highest BCUT2D eigenvalue weighted by Gasteiger charge is 2.20. The highest BCUT2D eigenvalue weighted by molar-refractivity contribution is 7.13. The van der Waals surface area contributed by atoms with E-state index >= 15 is 0 Å². The molecule has 1 N–H and O–H groups in total. The van der Waals surface area contributed by atoms with Crippen molar-refractivity contribution in [2.45, 2.75) is 39.3 Å². The third-order valence-electron chi connectivity index (χ3n) is 3.25. The molecular weight excluding hydrogens is 260 g/mol. The molecule has 2 aromatic rings. The summed E-state index contributed by atoms with van der Waals surface area (Å²) in [7, 11) is 0. The first-order valence-corrected chi connectivity index (χ1v) is 7.22. The number of carbonyl (C=O) groups excluding carboxylic acids is 1. The highest BCUT2D eigenvalue weighted by atomic mass is 32.1. The molecule has 0 fully saturated rings. The lowest BCUT2D eigenvalue weighted by Crippen LogP contribution is -2.38. The molecule has 0 saturated carbocycles. The van der Waals surface area contributed by atoms with Crippen LogP contribution in [0.5, 0.6) is 0 Å². The van der Waals surface area contributed by atoms with Crippen LogP contribution < -0.4 is 10.9 Å². The zero-order valence-corrected chi connectivity index (χ0v) is 12.2. The SMILES string of the molecule is CC[C@H](C)NC(=O)[C@@H](C)n1sc2ccccc2c1=O. The summed E-state index contributed by atoms with van der Waals surface area (Å²) in [5, 5.41) is 3.58. The van der Waals surface area contributed by atoms with Crippen molar-refractivity contribution in [1.82, 2.24) is 9.27 Å². The molecule has 19 heavy (non-hydrogen) atoms. The Morgan fingerprint density at radius 3 is 2.68 bits per heavy atom. The standard InChI is InChI=1S/C14H18N2O2S/c1-4-9(2)15-13(17)10(3)16-14(18)11-7-5-6-8-12(11)19-16/h5-10H,4H2,1-3H3,(H,15,17)/t9-,10+/m0/s1. The summed E-state index contributed by atoms with van der Waals surface area (Å²) in [6.45, 7) is 5.73. The minimum Gasteiger partial charge on any atom is -0.352 e. The number of fused-ring (bicyclic) bond motifs is 1. The van der Waals surface area contributed by atoms with E-state index in [2.05, 4.69) is 5.32 Å². The van der Waals surface area contributed by atoms with Crippen molar-refractivity contribution < 1.29 is 4.79 Å². The summed E-state index contributed by atoms with van der Waals surface area (Å²) in [5.74, 6) is -0.108. The van der Waals surface area contributed by atoms with Crippen LogP contribution in [0.15, 0.2) is 29.1 Å². The van der Waals surface area contributed by atoms with Crippen molar-refractivity contribution in [3.8, 4) is 0 Å². The van der Waals surface area contributed by atoms with Gasteiger partial charge in [-0.1, -0.05) is 30.6 Å². The molecule has 0 aliphatic carbocycles. The summed E-state index contributed by atoms with van der Waals surface area (Å²) in [4.78, 5) is 24.3. The van der Waals surface area contributed by atoms with Gasteiger partial charge in [-0.2, -0.15) is 0 Å². The molecule has 5 heteroatoms. The van der Waals surface area contributed by atoms with Gasteiger partial charge in [-0.3, -0.25) is 13.5 Å². The number of nitrogens with one attached hydrogen (secondary N) is 1. The normalized spacial score (nSPS) is 14.3. The van der Waals surface area contributed by atoms with Gasteiger partial charge in [-0.15, -0.1) is 0 Å². The van der Waals surface area contributed by atoms with Crippen LogP contribution in [-0.2, 0) is 4.79 Å². The predicted octanol–water partition coefficient (Wildman–Crippen LogP) is 2.54. The fourth-order valence-corrected chi connectivity index (χ4v) is 2.86. The average molecular weight is 278 g/mol. The summed E-state index contributed by atoms with van der Waals surface area (Å²) >= 11 is 1.34. The van der Waals surface area contributed by atoms with E-state index in [1.807, 2.05) is 32.0 Å². The number of hydrogen-bond donors (Lipinski definition) is 1. The molecule has 1 aromatic heterocycles. The van der Waals surface area contributed by atoms with Crippen LogP contribution in [0.1, 0.15) is 33.2 Å². The maximum absolute atomic E-state index is 12.2. The van der Waals surface area contributed by atoms with Gasteiger partial charge in [0.1, 0.15) is 6.04 Å². The number of aromatic nitrogens is 1. The van der Waals surface area contributed by atoms with Gasteiger partial charge in [0.25, 0.3) is 5.56 Å². The van der Waals surface area contributed by atoms with Crippen molar-refractivity contribution in [3.05, 3.63) is 34.6 Å². The Bertz CT molecular complexity index is 644. The van der Waals surface area contributed by atoms with Crippen molar-refractivity contribution >= 4 is 27.5 Å². The van der Waals surface area contributed by atoms with Crippen molar-refractivity contribution in [3.63, 3.8) is 0 Å². The number of rotatable bonds is 4. The smallest absolute Gasteiger partial charge is 0.269 e. The largest absolute Gasteiger partial charge is 0.352 e. The summed E-state index contributed by atoms with van der Waals surface area (Å²) in [6.07, 6.45) is 0.875. The fraction of sp³-hybridized carbons (Fsp3) is 0.429. The van der Waals surface area contributed by atoms with Gasteiger partial charge in [-0.05, 0) is 32.4 Å². The molecule has 2 rings (SSSR count). The number of amides is 1. The van der Waals surface area contributed by atoms with Crippen LogP contribution in [0, 0.1) is 0 Å². The van der Waals surface area contributed by atoms with Gasteiger partial charge in [-0.25, -0.2) is 0 Å². The molecule has 0 aliphatic heterocycles. The molecule has 0 radical (unpaired) electrons. The molecule has 2 atom stereocenters. The maximum Gasteiger partial charge on any atom is 0.269 e. The van der Waals surface area contributed by atoms with Gasteiger partial charge in [0.15, 0.2) is 0 Å². The van der Waals surface area contributed by atoms with Gasteiger partial charge >= 0.3 is 0 Å². The minimum absolute atomic E-state index is 0.0904. The van der Waals surface area contributed by atoms with E-state index in [-0.39, 0.29) is 17.5 Å². The molecule has 102 valence electrons. The number of hydrogen-bond acceptors (Lipinski definition) is 3. The Morgan fingerprint density at radius 2 is 2.05 bits per heavy atom. The fourth-order valence-electron chi connectivity index (χ4n) is 1.82. The Hall–Kier alpha value is -1.62. The number of carbonyl (C=O) groups is 1. The Labute approximate surface area is 116 Å².